The molecule has 0 saturated heterocycles. The zero-order valence-electron chi connectivity index (χ0n) is 10.1. The van der Waals surface area contributed by atoms with Crippen LogP contribution in [-0.2, 0) is 11.3 Å². The second-order valence-electron chi connectivity index (χ2n) is 4.13. The van der Waals surface area contributed by atoms with Crippen LogP contribution in [0, 0.1) is 0 Å². The Morgan fingerprint density at radius 3 is 2.94 bits per heavy atom. The van der Waals surface area contributed by atoms with Crippen molar-refractivity contribution in [1.82, 2.24) is 4.90 Å². The van der Waals surface area contributed by atoms with E-state index in [1.165, 1.54) is 4.90 Å². The number of rotatable bonds is 4. The summed E-state index contributed by atoms with van der Waals surface area (Å²) >= 11 is 0. The van der Waals surface area contributed by atoms with Crippen LogP contribution in [0.1, 0.15) is 5.56 Å². The Hall–Kier alpha value is -1.79. The number of amides is 1. The molecule has 1 atom stereocenters. The molecule has 0 aromatic heterocycles. The van der Waals surface area contributed by atoms with Gasteiger partial charge in [-0.25, -0.2) is 0 Å². The Balaban J connectivity index is 2.03. The van der Waals surface area contributed by atoms with Gasteiger partial charge in [-0.3, -0.25) is 4.79 Å². The summed E-state index contributed by atoms with van der Waals surface area (Å²) in [6, 6.07) is 5.47. The summed E-state index contributed by atoms with van der Waals surface area (Å²) in [5.41, 5.74) is 6.15. The molecule has 3 N–H and O–H groups in total. The van der Waals surface area contributed by atoms with Crippen LogP contribution in [-0.4, -0.2) is 42.4 Å². The zero-order chi connectivity index (χ0) is 13.1. The lowest BCUT2D eigenvalue weighted by Crippen LogP contribution is -2.40. The van der Waals surface area contributed by atoms with Gasteiger partial charge in [-0.15, -0.1) is 0 Å². The lowest BCUT2D eigenvalue weighted by Gasteiger charge is -2.20. The predicted octanol–water partition coefficient (Wildman–Crippen LogP) is -0.307. The first-order valence-electron chi connectivity index (χ1n) is 5.63. The van der Waals surface area contributed by atoms with E-state index in [0.717, 1.165) is 5.56 Å². The molecule has 2 rings (SSSR count). The molecule has 1 aliphatic heterocycles. The van der Waals surface area contributed by atoms with Crippen molar-refractivity contribution in [2.75, 3.05) is 20.4 Å². The van der Waals surface area contributed by atoms with Crippen molar-refractivity contribution in [2.45, 2.75) is 12.6 Å². The first-order valence-corrected chi connectivity index (χ1v) is 5.63. The molecule has 1 aromatic rings. The Bertz CT molecular complexity index is 450. The third kappa shape index (κ3) is 2.55. The van der Waals surface area contributed by atoms with Gasteiger partial charge < -0.3 is 25.2 Å². The summed E-state index contributed by atoms with van der Waals surface area (Å²) < 4.78 is 10.5. The average Bonchev–Trinajstić information content (AvgIpc) is 2.84. The predicted molar refractivity (Wildman–Crippen MR) is 64.1 cm³/mol. The van der Waals surface area contributed by atoms with Gasteiger partial charge in [0.25, 0.3) is 5.91 Å². The molecular weight excluding hydrogens is 236 g/mol. The number of fused-ring (bicyclic) bond motifs is 1. The van der Waals surface area contributed by atoms with Crippen molar-refractivity contribution < 1.29 is 19.4 Å². The summed E-state index contributed by atoms with van der Waals surface area (Å²) in [7, 11) is 1.62. The third-order valence-corrected chi connectivity index (χ3v) is 2.74. The fourth-order valence-electron chi connectivity index (χ4n) is 1.75. The number of carbonyl (C=O) groups excluding carboxylic acids is 1. The van der Waals surface area contributed by atoms with Gasteiger partial charge in [0.05, 0.1) is 0 Å². The van der Waals surface area contributed by atoms with Gasteiger partial charge in [0.2, 0.25) is 6.79 Å². The Morgan fingerprint density at radius 2 is 2.22 bits per heavy atom. The van der Waals surface area contributed by atoms with E-state index in [1.807, 2.05) is 12.1 Å². The maximum Gasteiger partial charge on any atom is 0.252 e. The lowest BCUT2D eigenvalue weighted by molar-refractivity contribution is -0.138. The van der Waals surface area contributed by atoms with Gasteiger partial charge >= 0.3 is 0 Å². The number of likely N-dealkylation sites (N-methyl/N-ethyl adjacent to an activating group) is 1. The molecule has 1 heterocycles. The van der Waals surface area contributed by atoms with E-state index in [1.54, 1.807) is 13.1 Å². The monoisotopic (exact) mass is 252 g/mol. The molecule has 0 fully saturated rings. The van der Waals surface area contributed by atoms with Gasteiger partial charge in [0.1, 0.15) is 6.10 Å². The van der Waals surface area contributed by atoms with Gasteiger partial charge in [-0.05, 0) is 17.7 Å². The molecule has 0 saturated carbocycles. The Morgan fingerprint density at radius 1 is 1.50 bits per heavy atom. The van der Waals surface area contributed by atoms with Crippen molar-refractivity contribution in [1.29, 1.82) is 0 Å². The Kier molecular flexibility index (Phi) is 3.69. The summed E-state index contributed by atoms with van der Waals surface area (Å²) in [5, 5.41) is 9.37. The van der Waals surface area contributed by atoms with Crippen LogP contribution >= 0.6 is 0 Å². The molecule has 6 nitrogen and oxygen atoms in total. The minimum Gasteiger partial charge on any atom is -0.454 e. The van der Waals surface area contributed by atoms with E-state index in [0.29, 0.717) is 18.0 Å². The van der Waals surface area contributed by atoms with Crippen LogP contribution in [0.25, 0.3) is 0 Å². The maximum atomic E-state index is 11.7. The number of aliphatic hydroxyl groups is 1. The maximum absolute atomic E-state index is 11.7. The van der Waals surface area contributed by atoms with Crippen LogP contribution in [0.4, 0.5) is 0 Å². The van der Waals surface area contributed by atoms with E-state index < -0.39 is 12.0 Å². The summed E-state index contributed by atoms with van der Waals surface area (Å²) in [4.78, 5) is 13.1. The second-order valence-corrected chi connectivity index (χ2v) is 4.13. The average molecular weight is 252 g/mol. The number of hydrogen-bond donors (Lipinski definition) is 2. The summed E-state index contributed by atoms with van der Waals surface area (Å²) in [5.74, 6) is 0.984. The molecule has 1 unspecified atom stereocenters. The van der Waals surface area contributed by atoms with Gasteiger partial charge in [-0.2, -0.15) is 0 Å². The molecule has 0 aliphatic carbocycles. The number of aliphatic hydroxyl groups excluding tert-OH is 1. The minimum absolute atomic E-state index is 0.0791. The molecule has 0 spiro atoms. The summed E-state index contributed by atoms with van der Waals surface area (Å²) in [6.07, 6.45) is -1.15. The van der Waals surface area contributed by atoms with Crippen molar-refractivity contribution in [3.8, 4) is 11.5 Å². The van der Waals surface area contributed by atoms with Gasteiger partial charge in [-0.1, -0.05) is 6.07 Å². The SMILES string of the molecule is CN(Cc1ccc2c(c1)OCO2)C(=O)C(O)CN. The topological polar surface area (TPSA) is 85.0 Å². The van der Waals surface area contributed by atoms with Gasteiger partial charge in [0.15, 0.2) is 11.5 Å². The fraction of sp³-hybridized carbons (Fsp3) is 0.417. The highest BCUT2D eigenvalue weighted by Crippen LogP contribution is 2.32. The van der Waals surface area contributed by atoms with Crippen molar-refractivity contribution in [3.63, 3.8) is 0 Å². The first-order chi connectivity index (χ1) is 8.61. The van der Waals surface area contributed by atoms with E-state index in [4.69, 9.17) is 15.2 Å². The molecule has 1 aliphatic rings. The van der Waals surface area contributed by atoms with Crippen LogP contribution in [0.5, 0.6) is 11.5 Å². The van der Waals surface area contributed by atoms with Crippen LogP contribution < -0.4 is 15.2 Å². The quantitative estimate of drug-likeness (QED) is 0.768. The smallest absolute Gasteiger partial charge is 0.252 e. The van der Waals surface area contributed by atoms with E-state index in [-0.39, 0.29) is 13.3 Å². The summed E-state index contributed by atoms with van der Waals surface area (Å²) in [6.45, 7) is 0.524. The molecule has 0 bridgehead atoms. The number of ether oxygens (including phenoxy) is 2. The third-order valence-electron chi connectivity index (χ3n) is 2.74. The minimum atomic E-state index is -1.15. The molecule has 1 amide bonds. The largest absolute Gasteiger partial charge is 0.454 e. The highest BCUT2D eigenvalue weighted by molar-refractivity contribution is 5.80. The highest BCUT2D eigenvalue weighted by Gasteiger charge is 2.19. The molecule has 6 heteroatoms. The number of nitrogens with two attached hydrogens (primary N) is 1. The number of carbonyl (C=O) groups is 1. The highest BCUT2D eigenvalue weighted by atomic mass is 16.7. The van der Waals surface area contributed by atoms with Gasteiger partial charge in [0, 0.05) is 20.1 Å². The van der Waals surface area contributed by atoms with Crippen molar-refractivity contribution >= 4 is 5.91 Å². The van der Waals surface area contributed by atoms with E-state index >= 15 is 0 Å². The van der Waals surface area contributed by atoms with Crippen molar-refractivity contribution in [2.24, 2.45) is 5.73 Å². The normalized spacial score (nSPS) is 14.4. The Labute approximate surface area is 105 Å². The number of benzene rings is 1. The zero-order valence-corrected chi connectivity index (χ0v) is 10.1. The van der Waals surface area contributed by atoms with Crippen LogP contribution in [0.2, 0.25) is 0 Å². The first kappa shape index (κ1) is 12.7. The second kappa shape index (κ2) is 5.24. The van der Waals surface area contributed by atoms with E-state index in [9.17, 15) is 9.90 Å². The molecular formula is C12H16N2O4. The molecule has 18 heavy (non-hydrogen) atoms. The number of hydrogen-bond acceptors (Lipinski definition) is 5. The lowest BCUT2D eigenvalue weighted by atomic mass is 10.2. The fourth-order valence-corrected chi connectivity index (χ4v) is 1.75. The molecule has 1 aromatic carbocycles. The van der Waals surface area contributed by atoms with E-state index in [2.05, 4.69) is 0 Å². The van der Waals surface area contributed by atoms with Crippen LogP contribution in [0.15, 0.2) is 18.2 Å². The van der Waals surface area contributed by atoms with Crippen molar-refractivity contribution in [3.05, 3.63) is 23.8 Å². The number of nitrogens with zero attached hydrogens (tertiary/aromatic N) is 1. The standard InChI is InChI=1S/C12H16N2O4/c1-14(12(16)9(15)5-13)6-8-2-3-10-11(4-8)18-7-17-10/h2-4,9,15H,5-7,13H2,1H3. The molecule has 0 radical (unpaired) electrons. The van der Waals surface area contributed by atoms with Crippen LogP contribution in [0.3, 0.4) is 0 Å². The molecule has 98 valence electrons.